The molecule has 1 atom stereocenters. The number of hydrogen-bond acceptors (Lipinski definition) is 3. The van der Waals surface area contributed by atoms with Crippen LogP contribution in [0.2, 0.25) is 0 Å². The molecular weight excluding hydrogens is 432 g/mol. The van der Waals surface area contributed by atoms with Crippen molar-refractivity contribution in [1.29, 1.82) is 0 Å². The third-order valence-corrected chi connectivity index (χ3v) is 5.25. The summed E-state index contributed by atoms with van der Waals surface area (Å²) in [6.07, 6.45) is -0.696. The quantitative estimate of drug-likeness (QED) is 0.290. The third kappa shape index (κ3) is 4.10. The molecule has 3 nitrogen and oxygen atoms in total. The molecule has 1 aromatic carbocycles. The first-order valence-electron chi connectivity index (χ1n) is 4.99. The Morgan fingerprint density at radius 2 is 1.89 bits per heavy atom. The Morgan fingerprint density at radius 1 is 1.28 bits per heavy atom. The van der Waals surface area contributed by atoms with Crippen molar-refractivity contribution in [1.82, 2.24) is 0 Å². The van der Waals surface area contributed by atoms with Crippen LogP contribution in [0.3, 0.4) is 0 Å². The molecule has 1 unspecified atom stereocenters. The van der Waals surface area contributed by atoms with Crippen LogP contribution in [0.5, 0.6) is 5.75 Å². The number of hydrogen-bond donors (Lipinski definition) is 0. The summed E-state index contributed by atoms with van der Waals surface area (Å²) in [5.74, 6) is 0.0990. The van der Waals surface area contributed by atoms with Crippen molar-refractivity contribution in [3.8, 4) is 5.75 Å². The molecule has 0 fully saturated rings. The van der Waals surface area contributed by atoms with Crippen LogP contribution in [0.15, 0.2) is 37.7 Å². The fourth-order valence-corrected chi connectivity index (χ4v) is 2.42. The van der Waals surface area contributed by atoms with Gasteiger partial charge in [0.2, 0.25) is 6.29 Å². The molecule has 0 saturated heterocycles. The van der Waals surface area contributed by atoms with Gasteiger partial charge in [-0.25, -0.2) is 4.79 Å². The Kier molecular flexibility index (Phi) is 5.88. The summed E-state index contributed by atoms with van der Waals surface area (Å²) in [4.78, 5) is 11.3. The maximum Gasteiger partial charge on any atom is 0.336 e. The van der Waals surface area contributed by atoms with Crippen LogP contribution in [-0.4, -0.2) is 12.3 Å². The van der Waals surface area contributed by atoms with Crippen molar-refractivity contribution in [3.63, 3.8) is 0 Å². The summed E-state index contributed by atoms with van der Waals surface area (Å²) >= 11 is 10.2. The number of ether oxygens (including phenoxy) is 2. The molecule has 0 amide bonds. The number of carbonyl (C=O) groups excluding carboxylic acids is 1. The van der Waals surface area contributed by atoms with Gasteiger partial charge in [0.05, 0.1) is 4.47 Å². The summed E-state index contributed by atoms with van der Waals surface area (Å²) in [5, 5.41) is 0. The fraction of sp³-hybridized carbons (Fsp3) is 0.250. The molecule has 1 aromatic rings. The van der Waals surface area contributed by atoms with Gasteiger partial charge in [-0.15, -0.1) is 0 Å². The summed E-state index contributed by atoms with van der Waals surface area (Å²) < 4.78 is 13.0. The van der Waals surface area contributed by atoms with E-state index in [1.165, 1.54) is 0 Å². The van der Waals surface area contributed by atoms with E-state index in [0.717, 1.165) is 13.4 Å². The minimum absolute atomic E-state index is 0.335. The maximum absolute atomic E-state index is 11.3. The molecule has 0 aliphatic heterocycles. The van der Waals surface area contributed by atoms with E-state index in [1.54, 1.807) is 19.9 Å². The molecule has 0 N–H and O–H groups in total. The number of rotatable bonds is 4. The molecule has 6 heteroatoms. The SMILES string of the molecule is C=C(C)C(=O)OC(C)Oc1ccc(Br)c(Br)c1Br. The van der Waals surface area contributed by atoms with Crippen LogP contribution in [0.1, 0.15) is 13.8 Å². The van der Waals surface area contributed by atoms with Crippen LogP contribution in [-0.2, 0) is 9.53 Å². The van der Waals surface area contributed by atoms with Crippen LogP contribution in [0.4, 0.5) is 0 Å². The Bertz CT molecular complexity index is 486. The van der Waals surface area contributed by atoms with E-state index in [9.17, 15) is 4.79 Å². The van der Waals surface area contributed by atoms with E-state index in [4.69, 9.17) is 9.47 Å². The molecule has 0 bridgehead atoms. The molecule has 98 valence electrons. The topological polar surface area (TPSA) is 35.5 Å². The molecule has 0 saturated carbocycles. The molecule has 0 aromatic heterocycles. The first-order valence-corrected chi connectivity index (χ1v) is 7.37. The monoisotopic (exact) mass is 440 g/mol. The van der Waals surface area contributed by atoms with Crippen molar-refractivity contribution in [3.05, 3.63) is 37.7 Å². The molecule has 18 heavy (non-hydrogen) atoms. The second-order valence-electron chi connectivity index (χ2n) is 3.54. The van der Waals surface area contributed by atoms with Gasteiger partial charge < -0.3 is 9.47 Å². The van der Waals surface area contributed by atoms with Gasteiger partial charge in [-0.3, -0.25) is 0 Å². The minimum Gasteiger partial charge on any atom is -0.454 e. The summed E-state index contributed by atoms with van der Waals surface area (Å²) in [7, 11) is 0. The summed E-state index contributed by atoms with van der Waals surface area (Å²) in [6, 6.07) is 3.60. The van der Waals surface area contributed by atoms with Crippen molar-refractivity contribution < 1.29 is 14.3 Å². The lowest BCUT2D eigenvalue weighted by Crippen LogP contribution is -2.21. The van der Waals surface area contributed by atoms with E-state index in [0.29, 0.717) is 11.3 Å². The average molecular weight is 443 g/mol. The average Bonchev–Trinajstić information content (AvgIpc) is 2.29. The Balaban J connectivity index is 2.77. The molecule has 0 radical (unpaired) electrons. The van der Waals surface area contributed by atoms with Crippen LogP contribution < -0.4 is 4.74 Å². The second kappa shape index (κ2) is 6.73. The van der Waals surface area contributed by atoms with E-state index < -0.39 is 12.3 Å². The predicted octanol–water partition coefficient (Wildman–Crippen LogP) is 4.82. The zero-order valence-electron chi connectivity index (χ0n) is 9.80. The summed E-state index contributed by atoms with van der Waals surface area (Å²) in [6.45, 7) is 6.73. The van der Waals surface area contributed by atoms with E-state index >= 15 is 0 Å². The number of halogens is 3. The molecule has 1 rings (SSSR count). The van der Waals surface area contributed by atoms with E-state index in [-0.39, 0.29) is 0 Å². The van der Waals surface area contributed by atoms with E-state index in [1.807, 2.05) is 6.07 Å². The smallest absolute Gasteiger partial charge is 0.336 e. The van der Waals surface area contributed by atoms with Gasteiger partial charge in [0.1, 0.15) is 5.75 Å². The van der Waals surface area contributed by atoms with Crippen LogP contribution in [0.25, 0.3) is 0 Å². The minimum atomic E-state index is -0.696. The molecule has 0 aliphatic carbocycles. The first kappa shape index (κ1) is 15.7. The highest BCUT2D eigenvalue weighted by Gasteiger charge is 2.15. The first-order chi connectivity index (χ1) is 8.32. The van der Waals surface area contributed by atoms with Gasteiger partial charge in [-0.2, -0.15) is 0 Å². The van der Waals surface area contributed by atoms with Gasteiger partial charge in [-0.1, -0.05) is 6.58 Å². The molecule has 0 aliphatic rings. The van der Waals surface area contributed by atoms with Crippen molar-refractivity contribution in [2.24, 2.45) is 0 Å². The van der Waals surface area contributed by atoms with Gasteiger partial charge in [-0.05, 0) is 66.8 Å². The van der Waals surface area contributed by atoms with Crippen LogP contribution >= 0.6 is 47.8 Å². The summed E-state index contributed by atoms with van der Waals surface area (Å²) in [5.41, 5.74) is 0.335. The normalized spacial score (nSPS) is 11.8. The van der Waals surface area contributed by atoms with Gasteiger partial charge in [0.25, 0.3) is 0 Å². The second-order valence-corrected chi connectivity index (χ2v) is 5.98. The number of carbonyl (C=O) groups is 1. The lowest BCUT2D eigenvalue weighted by molar-refractivity contribution is -0.156. The Labute approximate surface area is 131 Å². The molecular formula is C12H11Br3O3. The van der Waals surface area contributed by atoms with Crippen LogP contribution in [0, 0.1) is 0 Å². The maximum atomic E-state index is 11.3. The van der Waals surface area contributed by atoms with Gasteiger partial charge in [0.15, 0.2) is 0 Å². The highest BCUT2D eigenvalue weighted by molar-refractivity contribution is 9.14. The number of benzene rings is 1. The zero-order chi connectivity index (χ0) is 13.9. The number of esters is 1. The van der Waals surface area contributed by atoms with E-state index in [2.05, 4.69) is 54.4 Å². The lowest BCUT2D eigenvalue weighted by atomic mass is 10.3. The molecule has 0 spiro atoms. The predicted molar refractivity (Wildman–Crippen MR) is 80.5 cm³/mol. The lowest BCUT2D eigenvalue weighted by Gasteiger charge is -2.17. The zero-order valence-corrected chi connectivity index (χ0v) is 14.6. The van der Waals surface area contributed by atoms with Crippen molar-refractivity contribution in [2.75, 3.05) is 0 Å². The highest BCUT2D eigenvalue weighted by atomic mass is 79.9. The highest BCUT2D eigenvalue weighted by Crippen LogP contribution is 2.38. The Hall–Kier alpha value is -0.330. The van der Waals surface area contributed by atoms with Crippen molar-refractivity contribution in [2.45, 2.75) is 20.1 Å². The Morgan fingerprint density at radius 3 is 2.44 bits per heavy atom. The molecule has 0 heterocycles. The third-order valence-electron chi connectivity index (χ3n) is 1.91. The van der Waals surface area contributed by atoms with Gasteiger partial charge in [0, 0.05) is 21.4 Å². The van der Waals surface area contributed by atoms with Crippen molar-refractivity contribution >= 4 is 53.8 Å². The van der Waals surface area contributed by atoms with Gasteiger partial charge >= 0.3 is 5.97 Å². The fourth-order valence-electron chi connectivity index (χ4n) is 1.05. The largest absolute Gasteiger partial charge is 0.454 e. The standard InChI is InChI=1S/C12H11Br3O3/c1-6(2)12(16)18-7(3)17-9-5-4-8(13)10(14)11(9)15/h4-5,7H,1H2,2-3H3.